The first-order valence-corrected chi connectivity index (χ1v) is 11.9. The van der Waals surface area contributed by atoms with Crippen molar-refractivity contribution < 1.29 is 14.2 Å². The fourth-order valence-electron chi connectivity index (χ4n) is 4.83. The van der Waals surface area contributed by atoms with E-state index < -0.39 is 0 Å². The second-order valence-corrected chi connectivity index (χ2v) is 8.97. The average molecular weight is 447 g/mol. The summed E-state index contributed by atoms with van der Waals surface area (Å²) in [5, 5.41) is 3.38. The number of ether oxygens (including phenoxy) is 3. The first-order valence-electron chi connectivity index (χ1n) is 11.9. The van der Waals surface area contributed by atoms with Gasteiger partial charge in [0.25, 0.3) is 0 Å². The number of hydrogen-bond acceptors (Lipinski definition) is 6. The number of rotatable bonds is 5. The predicted octanol–water partition coefficient (Wildman–Crippen LogP) is 3.39. The molecule has 2 aromatic carbocycles. The summed E-state index contributed by atoms with van der Waals surface area (Å²) in [6.07, 6.45) is 4.59. The Labute approximate surface area is 194 Å². The Balaban J connectivity index is 1.18. The molecule has 33 heavy (non-hydrogen) atoms. The Morgan fingerprint density at radius 3 is 2.61 bits per heavy atom. The van der Waals surface area contributed by atoms with Gasteiger partial charge in [0.1, 0.15) is 24.2 Å². The van der Waals surface area contributed by atoms with Crippen LogP contribution in [0.3, 0.4) is 0 Å². The molecular weight excluding hydrogens is 416 g/mol. The Hall–Kier alpha value is -2.87. The fourth-order valence-corrected chi connectivity index (χ4v) is 4.83. The summed E-state index contributed by atoms with van der Waals surface area (Å²) in [5.74, 6) is 2.79. The van der Waals surface area contributed by atoms with Crippen LogP contribution in [0, 0.1) is 0 Å². The fraction of sp³-hybridized carbons (Fsp3) is 0.423. The summed E-state index contributed by atoms with van der Waals surface area (Å²) in [5.41, 5.74) is 4.42. The van der Waals surface area contributed by atoms with E-state index in [1.165, 1.54) is 0 Å². The SMILES string of the molecule is c1cc(-c2ccc3c(c2)OCc2nc(CN4CCOCC4)cn2-3)ccc1OC1CCNCC1. The molecule has 3 aromatic rings. The van der Waals surface area contributed by atoms with Crippen LogP contribution in [-0.2, 0) is 17.9 Å². The number of hydrogen-bond donors (Lipinski definition) is 1. The highest BCUT2D eigenvalue weighted by molar-refractivity contribution is 5.69. The highest BCUT2D eigenvalue weighted by atomic mass is 16.5. The van der Waals surface area contributed by atoms with Crippen LogP contribution >= 0.6 is 0 Å². The number of imidazole rings is 1. The van der Waals surface area contributed by atoms with Crippen molar-refractivity contribution in [2.75, 3.05) is 39.4 Å². The first-order chi connectivity index (χ1) is 16.3. The maximum Gasteiger partial charge on any atom is 0.151 e. The van der Waals surface area contributed by atoms with Crippen molar-refractivity contribution in [2.45, 2.75) is 32.1 Å². The van der Waals surface area contributed by atoms with Gasteiger partial charge in [-0.25, -0.2) is 4.98 Å². The van der Waals surface area contributed by atoms with Crippen LogP contribution in [0.4, 0.5) is 0 Å². The molecule has 2 saturated heterocycles. The zero-order chi connectivity index (χ0) is 22.0. The molecule has 7 nitrogen and oxygen atoms in total. The van der Waals surface area contributed by atoms with Gasteiger partial charge in [0.2, 0.25) is 0 Å². The van der Waals surface area contributed by atoms with Crippen molar-refractivity contribution in [1.82, 2.24) is 19.8 Å². The molecule has 0 atom stereocenters. The standard InChI is InChI=1S/C26H30N4O3/c1-4-22(33-23-7-9-27-10-8-23)5-2-19(1)20-3-6-24-25(15-20)32-18-26-28-21(17-30(24)26)16-29-11-13-31-14-12-29/h1-6,15,17,23,27H,7-14,16,18H2. The third-order valence-electron chi connectivity index (χ3n) is 6.67. The predicted molar refractivity (Wildman–Crippen MR) is 126 cm³/mol. The van der Waals surface area contributed by atoms with Gasteiger partial charge in [-0.3, -0.25) is 9.47 Å². The third kappa shape index (κ3) is 4.49. The number of morpholine rings is 1. The maximum atomic E-state index is 6.15. The van der Waals surface area contributed by atoms with Crippen molar-refractivity contribution in [3.05, 3.63) is 60.2 Å². The largest absolute Gasteiger partial charge is 0.490 e. The Kier molecular flexibility index (Phi) is 5.76. The minimum atomic E-state index is 0.312. The number of piperidine rings is 1. The van der Waals surface area contributed by atoms with Gasteiger partial charge in [0, 0.05) is 25.8 Å². The van der Waals surface area contributed by atoms with Gasteiger partial charge >= 0.3 is 0 Å². The molecule has 6 rings (SSSR count). The van der Waals surface area contributed by atoms with Crippen molar-refractivity contribution in [2.24, 2.45) is 0 Å². The third-order valence-corrected chi connectivity index (χ3v) is 6.67. The molecule has 1 N–H and O–H groups in total. The van der Waals surface area contributed by atoms with E-state index in [4.69, 9.17) is 19.2 Å². The van der Waals surface area contributed by atoms with Gasteiger partial charge in [0.05, 0.1) is 24.6 Å². The van der Waals surface area contributed by atoms with Gasteiger partial charge < -0.3 is 19.5 Å². The molecule has 3 aliphatic rings. The summed E-state index contributed by atoms with van der Waals surface area (Å²) in [6.45, 7) is 6.92. The first kappa shape index (κ1) is 20.7. The maximum absolute atomic E-state index is 6.15. The van der Waals surface area contributed by atoms with E-state index in [9.17, 15) is 0 Å². The minimum Gasteiger partial charge on any atom is -0.490 e. The van der Waals surface area contributed by atoms with Crippen LogP contribution in [0.15, 0.2) is 48.7 Å². The lowest BCUT2D eigenvalue weighted by Crippen LogP contribution is -2.35. The number of aromatic nitrogens is 2. The summed E-state index contributed by atoms with van der Waals surface area (Å²) in [6, 6.07) is 14.8. The molecule has 7 heteroatoms. The van der Waals surface area contributed by atoms with Crippen molar-refractivity contribution >= 4 is 0 Å². The van der Waals surface area contributed by atoms with E-state index in [-0.39, 0.29) is 0 Å². The quantitative estimate of drug-likeness (QED) is 0.648. The van der Waals surface area contributed by atoms with Crippen LogP contribution in [0.1, 0.15) is 24.4 Å². The van der Waals surface area contributed by atoms with Crippen LogP contribution < -0.4 is 14.8 Å². The molecule has 0 unspecified atom stereocenters. The highest BCUT2D eigenvalue weighted by Gasteiger charge is 2.21. The molecule has 0 spiro atoms. The Morgan fingerprint density at radius 2 is 1.79 bits per heavy atom. The highest BCUT2D eigenvalue weighted by Crippen LogP contribution is 2.35. The molecule has 0 aliphatic carbocycles. The molecule has 4 heterocycles. The van der Waals surface area contributed by atoms with Crippen LogP contribution in [0.25, 0.3) is 16.8 Å². The lowest BCUT2D eigenvalue weighted by Gasteiger charge is -2.25. The topological polar surface area (TPSA) is 60.8 Å². The number of nitrogens with zero attached hydrogens (tertiary/aromatic N) is 3. The minimum absolute atomic E-state index is 0.312. The lowest BCUT2D eigenvalue weighted by atomic mass is 10.0. The average Bonchev–Trinajstić information content (AvgIpc) is 3.28. The number of benzene rings is 2. The van der Waals surface area contributed by atoms with Gasteiger partial charge in [-0.1, -0.05) is 18.2 Å². The number of nitrogens with one attached hydrogen (secondary N) is 1. The Morgan fingerprint density at radius 1 is 1.00 bits per heavy atom. The molecule has 1 aromatic heterocycles. The zero-order valence-electron chi connectivity index (χ0n) is 18.8. The summed E-state index contributed by atoms with van der Waals surface area (Å²) < 4.78 is 19.9. The van der Waals surface area contributed by atoms with Crippen molar-refractivity contribution in [3.8, 4) is 28.3 Å². The Bertz CT molecular complexity index is 1100. The lowest BCUT2D eigenvalue weighted by molar-refractivity contribution is 0.0337. The van der Waals surface area contributed by atoms with Crippen LogP contribution in [0.2, 0.25) is 0 Å². The smallest absolute Gasteiger partial charge is 0.151 e. The van der Waals surface area contributed by atoms with Crippen molar-refractivity contribution in [3.63, 3.8) is 0 Å². The molecular formula is C26H30N4O3. The summed E-state index contributed by atoms with van der Waals surface area (Å²) in [7, 11) is 0. The molecule has 0 amide bonds. The molecule has 172 valence electrons. The molecule has 0 radical (unpaired) electrons. The van der Waals surface area contributed by atoms with Gasteiger partial charge in [0.15, 0.2) is 5.82 Å². The monoisotopic (exact) mass is 446 g/mol. The number of fused-ring (bicyclic) bond motifs is 3. The van der Waals surface area contributed by atoms with E-state index in [1.807, 2.05) is 0 Å². The van der Waals surface area contributed by atoms with E-state index >= 15 is 0 Å². The van der Waals surface area contributed by atoms with Gasteiger partial charge in [-0.15, -0.1) is 0 Å². The molecule has 3 aliphatic heterocycles. The van der Waals surface area contributed by atoms with Crippen LogP contribution in [0.5, 0.6) is 11.5 Å². The molecule has 0 saturated carbocycles. The second kappa shape index (κ2) is 9.17. The van der Waals surface area contributed by atoms with Gasteiger partial charge in [-0.05, 0) is 61.3 Å². The second-order valence-electron chi connectivity index (χ2n) is 8.97. The zero-order valence-corrected chi connectivity index (χ0v) is 18.8. The summed E-state index contributed by atoms with van der Waals surface area (Å²) >= 11 is 0. The van der Waals surface area contributed by atoms with E-state index in [0.29, 0.717) is 12.7 Å². The van der Waals surface area contributed by atoms with Gasteiger partial charge in [-0.2, -0.15) is 0 Å². The normalized spacial score (nSPS) is 18.9. The molecule has 2 fully saturated rings. The van der Waals surface area contributed by atoms with Crippen LogP contribution in [-0.4, -0.2) is 59.9 Å². The van der Waals surface area contributed by atoms with E-state index in [0.717, 1.165) is 98.6 Å². The molecule has 0 bridgehead atoms. The van der Waals surface area contributed by atoms with Crippen molar-refractivity contribution in [1.29, 1.82) is 0 Å². The summed E-state index contributed by atoms with van der Waals surface area (Å²) in [4.78, 5) is 7.21. The van der Waals surface area contributed by atoms with E-state index in [1.54, 1.807) is 0 Å². The van der Waals surface area contributed by atoms with E-state index in [2.05, 4.69) is 63.4 Å².